The molecule has 0 atom stereocenters. The van der Waals surface area contributed by atoms with E-state index < -0.39 is 5.60 Å². The fraction of sp³-hybridized carbons (Fsp3) is 0.938. The van der Waals surface area contributed by atoms with Crippen molar-refractivity contribution in [2.24, 2.45) is 5.92 Å². The number of hydrazine groups is 1. The van der Waals surface area contributed by atoms with Gasteiger partial charge in [-0.1, -0.05) is 0 Å². The second-order valence-electron chi connectivity index (χ2n) is 7.56. The summed E-state index contributed by atoms with van der Waals surface area (Å²) >= 11 is 0. The van der Waals surface area contributed by atoms with Crippen molar-refractivity contribution in [2.45, 2.75) is 39.2 Å². The predicted molar refractivity (Wildman–Crippen MR) is 87.6 cm³/mol. The van der Waals surface area contributed by atoms with Crippen LogP contribution in [0.2, 0.25) is 0 Å². The SMILES string of the molecule is CN1CCN(NCC2CCN(C(=O)OC(C)(C)C)CC2)CC1. The molecular formula is C16H32N4O2. The Balaban J connectivity index is 1.64. The van der Waals surface area contributed by atoms with Crippen LogP contribution in [0.4, 0.5) is 4.79 Å². The summed E-state index contributed by atoms with van der Waals surface area (Å²) < 4.78 is 5.44. The third kappa shape index (κ3) is 5.74. The lowest BCUT2D eigenvalue weighted by Crippen LogP contribution is -2.52. The van der Waals surface area contributed by atoms with E-state index in [2.05, 4.69) is 22.4 Å². The first kappa shape index (κ1) is 17.5. The number of carbonyl (C=O) groups excluding carboxylic acids is 1. The minimum absolute atomic E-state index is 0.169. The number of rotatable bonds is 3. The van der Waals surface area contributed by atoms with Crippen molar-refractivity contribution in [3.63, 3.8) is 0 Å². The Morgan fingerprint density at radius 2 is 1.68 bits per heavy atom. The molecule has 0 radical (unpaired) electrons. The molecule has 1 N–H and O–H groups in total. The summed E-state index contributed by atoms with van der Waals surface area (Å²) in [6.45, 7) is 12.8. The average Bonchev–Trinajstić information content (AvgIpc) is 2.45. The summed E-state index contributed by atoms with van der Waals surface area (Å²) in [6, 6.07) is 0. The third-order valence-corrected chi connectivity index (χ3v) is 4.37. The van der Waals surface area contributed by atoms with Crippen molar-refractivity contribution in [2.75, 3.05) is 52.9 Å². The van der Waals surface area contributed by atoms with E-state index in [1.807, 2.05) is 25.7 Å². The molecule has 6 nitrogen and oxygen atoms in total. The number of piperidine rings is 1. The molecule has 2 aliphatic rings. The van der Waals surface area contributed by atoms with Crippen LogP contribution in [-0.2, 0) is 4.74 Å². The molecule has 0 unspecified atom stereocenters. The molecule has 2 fully saturated rings. The number of nitrogens with zero attached hydrogens (tertiary/aromatic N) is 3. The molecule has 1 amide bonds. The molecule has 0 aliphatic carbocycles. The molecular weight excluding hydrogens is 280 g/mol. The van der Waals surface area contributed by atoms with Crippen molar-refractivity contribution in [3.8, 4) is 0 Å². The Morgan fingerprint density at radius 3 is 2.23 bits per heavy atom. The number of hydrogen-bond acceptors (Lipinski definition) is 5. The number of hydrogen-bond donors (Lipinski definition) is 1. The largest absolute Gasteiger partial charge is 0.444 e. The number of likely N-dealkylation sites (N-methyl/N-ethyl adjacent to an activating group) is 1. The Bertz CT molecular complexity index is 354. The lowest BCUT2D eigenvalue weighted by atomic mass is 9.97. The highest BCUT2D eigenvalue weighted by Gasteiger charge is 2.27. The molecule has 0 aromatic carbocycles. The van der Waals surface area contributed by atoms with Gasteiger partial charge in [0.15, 0.2) is 0 Å². The first-order chi connectivity index (χ1) is 10.3. The van der Waals surface area contributed by atoms with Crippen molar-refractivity contribution < 1.29 is 9.53 Å². The van der Waals surface area contributed by atoms with Crippen LogP contribution in [0.1, 0.15) is 33.6 Å². The fourth-order valence-corrected chi connectivity index (χ4v) is 2.87. The van der Waals surface area contributed by atoms with Crippen LogP contribution < -0.4 is 5.43 Å². The molecule has 2 saturated heterocycles. The number of nitrogens with one attached hydrogen (secondary N) is 1. The maximum atomic E-state index is 12.0. The van der Waals surface area contributed by atoms with Gasteiger partial charge in [0.25, 0.3) is 0 Å². The summed E-state index contributed by atoms with van der Waals surface area (Å²) in [6.07, 6.45) is 1.94. The highest BCUT2D eigenvalue weighted by atomic mass is 16.6. The van der Waals surface area contributed by atoms with E-state index in [-0.39, 0.29) is 6.09 Å². The topological polar surface area (TPSA) is 48.0 Å². The number of ether oxygens (including phenoxy) is 1. The monoisotopic (exact) mass is 312 g/mol. The molecule has 0 spiro atoms. The average molecular weight is 312 g/mol. The second kappa shape index (κ2) is 7.62. The lowest BCUT2D eigenvalue weighted by Gasteiger charge is -2.36. The van der Waals surface area contributed by atoms with Crippen LogP contribution in [0.5, 0.6) is 0 Å². The maximum absolute atomic E-state index is 12.0. The van der Waals surface area contributed by atoms with Gasteiger partial charge in [-0.15, -0.1) is 0 Å². The zero-order valence-corrected chi connectivity index (χ0v) is 14.6. The van der Waals surface area contributed by atoms with Crippen molar-refractivity contribution in [1.82, 2.24) is 20.2 Å². The summed E-state index contributed by atoms with van der Waals surface area (Å²) in [5.74, 6) is 0.651. The van der Waals surface area contributed by atoms with Gasteiger partial charge in [0, 0.05) is 45.8 Å². The minimum Gasteiger partial charge on any atom is -0.444 e. The van der Waals surface area contributed by atoms with Crippen LogP contribution in [0.25, 0.3) is 0 Å². The Kier molecular flexibility index (Phi) is 6.06. The van der Waals surface area contributed by atoms with Crippen molar-refractivity contribution >= 4 is 6.09 Å². The highest BCUT2D eigenvalue weighted by molar-refractivity contribution is 5.68. The molecule has 0 aromatic heterocycles. The number of carbonyl (C=O) groups is 1. The van der Waals surface area contributed by atoms with Gasteiger partial charge in [0.2, 0.25) is 0 Å². The summed E-state index contributed by atoms with van der Waals surface area (Å²) in [4.78, 5) is 16.2. The van der Waals surface area contributed by atoms with Gasteiger partial charge in [0.05, 0.1) is 0 Å². The zero-order valence-electron chi connectivity index (χ0n) is 14.6. The van der Waals surface area contributed by atoms with Crippen LogP contribution in [0, 0.1) is 5.92 Å². The third-order valence-electron chi connectivity index (χ3n) is 4.37. The van der Waals surface area contributed by atoms with Crippen molar-refractivity contribution in [1.29, 1.82) is 0 Å². The molecule has 6 heteroatoms. The van der Waals surface area contributed by atoms with Crippen LogP contribution in [-0.4, -0.2) is 79.4 Å². The first-order valence-corrected chi connectivity index (χ1v) is 8.48. The molecule has 0 bridgehead atoms. The first-order valence-electron chi connectivity index (χ1n) is 8.48. The van der Waals surface area contributed by atoms with Gasteiger partial charge in [-0.3, -0.25) is 5.43 Å². The number of amides is 1. The van der Waals surface area contributed by atoms with E-state index in [0.717, 1.165) is 58.7 Å². The highest BCUT2D eigenvalue weighted by Crippen LogP contribution is 2.19. The number of piperazine rings is 1. The predicted octanol–water partition coefficient (Wildman–Crippen LogP) is 1.39. The van der Waals surface area contributed by atoms with Gasteiger partial charge in [-0.25, -0.2) is 9.80 Å². The summed E-state index contributed by atoms with van der Waals surface area (Å²) in [5.41, 5.74) is 3.16. The van der Waals surface area contributed by atoms with Gasteiger partial charge in [0.1, 0.15) is 5.60 Å². The summed E-state index contributed by atoms with van der Waals surface area (Å²) in [5, 5.41) is 2.33. The van der Waals surface area contributed by atoms with E-state index in [4.69, 9.17) is 4.74 Å². The quantitative estimate of drug-likeness (QED) is 0.853. The fourth-order valence-electron chi connectivity index (χ4n) is 2.87. The smallest absolute Gasteiger partial charge is 0.410 e. The minimum atomic E-state index is -0.406. The molecule has 22 heavy (non-hydrogen) atoms. The molecule has 2 rings (SSSR count). The lowest BCUT2D eigenvalue weighted by molar-refractivity contribution is 0.0170. The van der Waals surface area contributed by atoms with Crippen molar-refractivity contribution in [3.05, 3.63) is 0 Å². The zero-order chi connectivity index (χ0) is 16.2. The second-order valence-corrected chi connectivity index (χ2v) is 7.56. The van der Waals surface area contributed by atoms with Gasteiger partial charge in [-0.05, 0) is 46.6 Å². The summed E-state index contributed by atoms with van der Waals surface area (Å²) in [7, 11) is 2.17. The van der Waals surface area contributed by atoms with Crippen LogP contribution in [0.15, 0.2) is 0 Å². The normalized spacial score (nSPS) is 22.8. The molecule has 128 valence electrons. The van der Waals surface area contributed by atoms with E-state index >= 15 is 0 Å². The number of likely N-dealkylation sites (tertiary alicyclic amines) is 1. The van der Waals surface area contributed by atoms with E-state index in [1.54, 1.807) is 0 Å². The van der Waals surface area contributed by atoms with Crippen LogP contribution in [0.3, 0.4) is 0 Å². The Morgan fingerprint density at radius 1 is 1.09 bits per heavy atom. The standard InChI is InChI=1S/C16H32N4O2/c1-16(2,3)22-15(21)19-7-5-14(6-8-19)13-17-20-11-9-18(4)10-12-20/h14,17H,5-13H2,1-4H3. The molecule has 2 heterocycles. The van der Waals surface area contributed by atoms with Crippen LogP contribution >= 0.6 is 0 Å². The van der Waals surface area contributed by atoms with E-state index in [0.29, 0.717) is 5.92 Å². The molecule has 2 aliphatic heterocycles. The molecule has 0 aromatic rings. The van der Waals surface area contributed by atoms with E-state index in [1.165, 1.54) is 0 Å². The molecule has 0 saturated carbocycles. The Hall–Kier alpha value is -0.850. The van der Waals surface area contributed by atoms with Gasteiger partial charge in [-0.2, -0.15) is 0 Å². The van der Waals surface area contributed by atoms with Gasteiger partial charge < -0.3 is 14.5 Å². The maximum Gasteiger partial charge on any atom is 0.410 e. The Labute approximate surface area is 134 Å². The van der Waals surface area contributed by atoms with E-state index in [9.17, 15) is 4.79 Å². The van der Waals surface area contributed by atoms with Gasteiger partial charge >= 0.3 is 6.09 Å².